The Balaban J connectivity index is 1.32. The number of fused-ring (bicyclic) bond motifs is 1. The van der Waals surface area contributed by atoms with Crippen LogP contribution in [0.3, 0.4) is 0 Å². The van der Waals surface area contributed by atoms with Gasteiger partial charge in [-0.2, -0.15) is 0 Å². The Hall–Kier alpha value is -2.63. The van der Waals surface area contributed by atoms with Crippen LogP contribution in [-0.4, -0.2) is 66.1 Å². The zero-order valence-corrected chi connectivity index (χ0v) is 19.5. The van der Waals surface area contributed by atoms with Gasteiger partial charge in [0.15, 0.2) is 9.84 Å². The average Bonchev–Trinajstić information content (AvgIpc) is 3.02. The lowest BCUT2D eigenvalue weighted by atomic mass is 9.70. The molecule has 1 aliphatic carbocycles. The Labute approximate surface area is 197 Å². The van der Waals surface area contributed by atoms with Gasteiger partial charge in [-0.3, -0.25) is 29.4 Å². The first-order valence-electron chi connectivity index (χ1n) is 11.6. The topological polar surface area (TPSA) is 156 Å². The molecular formula is C23H28N4O6S. The number of carbonyl (C=O) groups excluding carboxylic acids is 4. The molecule has 34 heavy (non-hydrogen) atoms. The molecule has 2 unspecified atom stereocenters. The normalized spacial score (nSPS) is 32.5. The number of piperidine rings is 1. The van der Waals surface area contributed by atoms with Crippen LogP contribution >= 0.6 is 0 Å². The Morgan fingerprint density at radius 3 is 2.56 bits per heavy atom. The summed E-state index contributed by atoms with van der Waals surface area (Å²) in [6, 6.07) is 3.97. The molecule has 3 fully saturated rings. The van der Waals surface area contributed by atoms with Gasteiger partial charge in [0, 0.05) is 19.0 Å². The fourth-order valence-corrected chi connectivity index (χ4v) is 8.39. The van der Waals surface area contributed by atoms with Gasteiger partial charge in [-0.05, 0) is 56.2 Å². The van der Waals surface area contributed by atoms with Crippen molar-refractivity contribution < 1.29 is 27.6 Å². The molecule has 3 aliphatic heterocycles. The van der Waals surface area contributed by atoms with Gasteiger partial charge in [0.2, 0.25) is 11.8 Å². The highest BCUT2D eigenvalue weighted by Gasteiger charge is 2.56. The third-order valence-electron chi connectivity index (χ3n) is 7.80. The van der Waals surface area contributed by atoms with Crippen molar-refractivity contribution in [1.29, 1.82) is 0 Å². The van der Waals surface area contributed by atoms with Gasteiger partial charge in [0.1, 0.15) is 6.04 Å². The number of imide groups is 2. The molecule has 4 aliphatic rings. The maximum Gasteiger partial charge on any atom is 0.262 e. The van der Waals surface area contributed by atoms with E-state index in [0.717, 1.165) is 4.90 Å². The number of hydrogen-bond acceptors (Lipinski definition) is 8. The number of hydrogen-bond donors (Lipinski definition) is 3. The fourth-order valence-electron chi connectivity index (χ4n) is 5.93. The molecule has 5 rings (SSSR count). The summed E-state index contributed by atoms with van der Waals surface area (Å²) in [6.45, 7) is 0.790. The number of sulfone groups is 1. The summed E-state index contributed by atoms with van der Waals surface area (Å²) in [5, 5.41) is 5.60. The second-order valence-corrected chi connectivity index (χ2v) is 12.4. The molecule has 1 aromatic rings. The van der Waals surface area contributed by atoms with Crippen molar-refractivity contribution in [2.45, 2.75) is 61.9 Å². The monoisotopic (exact) mass is 488 g/mol. The van der Waals surface area contributed by atoms with Gasteiger partial charge in [0.25, 0.3) is 11.8 Å². The van der Waals surface area contributed by atoms with Crippen LogP contribution in [0.15, 0.2) is 18.2 Å². The highest BCUT2D eigenvalue weighted by Crippen LogP contribution is 2.49. The van der Waals surface area contributed by atoms with Crippen molar-refractivity contribution in [3.8, 4) is 0 Å². The van der Waals surface area contributed by atoms with E-state index >= 15 is 0 Å². The third kappa shape index (κ3) is 3.57. The van der Waals surface area contributed by atoms with E-state index in [1.807, 2.05) is 0 Å². The van der Waals surface area contributed by atoms with Crippen LogP contribution in [0.2, 0.25) is 0 Å². The van der Waals surface area contributed by atoms with Gasteiger partial charge in [0.05, 0.1) is 21.6 Å². The molecule has 10 nitrogen and oxygen atoms in total. The number of benzene rings is 1. The zero-order chi connectivity index (χ0) is 24.3. The van der Waals surface area contributed by atoms with Crippen molar-refractivity contribution in [2.24, 2.45) is 11.7 Å². The quantitative estimate of drug-likeness (QED) is 0.484. The molecule has 4 amide bonds. The van der Waals surface area contributed by atoms with Gasteiger partial charge in [-0.1, -0.05) is 12.1 Å². The minimum atomic E-state index is -3.16. The van der Waals surface area contributed by atoms with Crippen LogP contribution in [0.4, 0.5) is 0 Å². The predicted molar refractivity (Wildman–Crippen MR) is 121 cm³/mol. The molecule has 0 aromatic heterocycles. The van der Waals surface area contributed by atoms with E-state index in [-0.39, 0.29) is 41.7 Å². The molecule has 4 N–H and O–H groups in total. The standard InChI is InChI=1S/C23H28N4O6S/c24-11-13-8-23(9-13)10-15(6-7-34(23,32)33)25-12-14-2-1-3-16-19(14)22(31)27(21(16)30)17-4-5-18(28)26-20(17)29/h1-3,13,15,17,25H,4-12,24H2,(H,26,28,29). The zero-order valence-electron chi connectivity index (χ0n) is 18.7. The summed E-state index contributed by atoms with van der Waals surface area (Å²) in [5.74, 6) is -1.78. The van der Waals surface area contributed by atoms with Crippen LogP contribution in [0.5, 0.6) is 0 Å². The van der Waals surface area contributed by atoms with Gasteiger partial charge in [-0.25, -0.2) is 8.42 Å². The summed E-state index contributed by atoms with van der Waals surface area (Å²) in [7, 11) is -3.16. The third-order valence-corrected chi connectivity index (χ3v) is 10.4. The SMILES string of the molecule is NCC1CC2(C1)CC(NCc1cccc3c1C(=O)N(C1CCC(=O)NC1=O)C3=O)CCS2(=O)=O. The van der Waals surface area contributed by atoms with E-state index in [0.29, 0.717) is 44.3 Å². The summed E-state index contributed by atoms with van der Waals surface area (Å²) in [5.41, 5.74) is 6.85. The van der Waals surface area contributed by atoms with Crippen molar-refractivity contribution in [3.63, 3.8) is 0 Å². The first-order chi connectivity index (χ1) is 16.2. The number of nitrogens with two attached hydrogens (primary N) is 1. The lowest BCUT2D eigenvalue weighted by molar-refractivity contribution is -0.136. The van der Waals surface area contributed by atoms with Crippen molar-refractivity contribution in [1.82, 2.24) is 15.5 Å². The Morgan fingerprint density at radius 2 is 1.85 bits per heavy atom. The van der Waals surface area contributed by atoms with E-state index in [4.69, 9.17) is 5.73 Å². The van der Waals surface area contributed by atoms with E-state index in [9.17, 15) is 27.6 Å². The molecular weight excluding hydrogens is 460 g/mol. The molecule has 3 heterocycles. The van der Waals surface area contributed by atoms with Crippen LogP contribution in [-0.2, 0) is 26.0 Å². The van der Waals surface area contributed by atoms with Crippen LogP contribution in [0, 0.1) is 5.92 Å². The Bertz CT molecular complexity index is 1190. The van der Waals surface area contributed by atoms with Gasteiger partial charge >= 0.3 is 0 Å². The molecule has 1 spiro atoms. The summed E-state index contributed by atoms with van der Waals surface area (Å²) in [6.07, 6.45) is 2.36. The molecule has 11 heteroatoms. The number of rotatable bonds is 5. The largest absolute Gasteiger partial charge is 0.330 e. The maximum atomic E-state index is 13.2. The van der Waals surface area contributed by atoms with Crippen molar-refractivity contribution in [3.05, 3.63) is 34.9 Å². The second kappa shape index (κ2) is 8.24. The molecule has 0 radical (unpaired) electrons. The molecule has 0 bridgehead atoms. The second-order valence-electron chi connectivity index (χ2n) is 9.87. The highest BCUT2D eigenvalue weighted by molar-refractivity contribution is 7.92. The molecule has 2 saturated heterocycles. The number of nitrogens with one attached hydrogen (secondary N) is 2. The number of nitrogens with zero attached hydrogens (tertiary/aromatic N) is 1. The Kier molecular flexibility index (Phi) is 5.61. The molecule has 1 saturated carbocycles. The average molecular weight is 489 g/mol. The van der Waals surface area contributed by atoms with E-state index in [1.165, 1.54) is 0 Å². The fraction of sp³-hybridized carbons (Fsp3) is 0.565. The lowest BCUT2D eigenvalue weighted by Gasteiger charge is -2.50. The predicted octanol–water partition coefficient (Wildman–Crippen LogP) is -0.138. The molecule has 1 aromatic carbocycles. The highest BCUT2D eigenvalue weighted by atomic mass is 32.2. The van der Waals surface area contributed by atoms with Crippen LogP contribution in [0.25, 0.3) is 0 Å². The first-order valence-corrected chi connectivity index (χ1v) is 13.3. The number of carbonyl (C=O) groups is 4. The lowest BCUT2D eigenvalue weighted by Crippen LogP contribution is -2.59. The van der Waals surface area contributed by atoms with Gasteiger partial charge < -0.3 is 11.1 Å². The maximum absolute atomic E-state index is 13.2. The summed E-state index contributed by atoms with van der Waals surface area (Å²) < 4.78 is 24.7. The molecule has 182 valence electrons. The Morgan fingerprint density at radius 1 is 1.09 bits per heavy atom. The van der Waals surface area contributed by atoms with E-state index in [2.05, 4.69) is 10.6 Å². The number of amides is 4. The van der Waals surface area contributed by atoms with Crippen molar-refractivity contribution in [2.75, 3.05) is 12.3 Å². The minimum absolute atomic E-state index is 0.0310. The minimum Gasteiger partial charge on any atom is -0.330 e. The summed E-state index contributed by atoms with van der Waals surface area (Å²) >= 11 is 0. The van der Waals surface area contributed by atoms with E-state index in [1.54, 1.807) is 18.2 Å². The summed E-state index contributed by atoms with van der Waals surface area (Å²) in [4.78, 5) is 51.0. The smallest absolute Gasteiger partial charge is 0.262 e. The van der Waals surface area contributed by atoms with E-state index < -0.39 is 44.3 Å². The van der Waals surface area contributed by atoms with Crippen LogP contribution in [0.1, 0.15) is 64.8 Å². The first kappa shape index (κ1) is 23.1. The van der Waals surface area contributed by atoms with Gasteiger partial charge in [-0.15, -0.1) is 0 Å². The molecule has 2 atom stereocenters. The van der Waals surface area contributed by atoms with Crippen molar-refractivity contribution >= 4 is 33.5 Å². The van der Waals surface area contributed by atoms with Crippen LogP contribution < -0.4 is 16.4 Å².